The Bertz CT molecular complexity index is 252. The first kappa shape index (κ1) is 14.3. The molecular weight excluding hydrogens is 222 g/mol. The van der Waals surface area contributed by atoms with Gasteiger partial charge in [-0.25, -0.2) is 4.79 Å². The average Bonchev–Trinajstić information content (AvgIpc) is 2.15. The highest BCUT2D eigenvalue weighted by Crippen LogP contribution is 2.22. The zero-order valence-corrected chi connectivity index (χ0v) is 10.8. The second-order valence-corrected chi connectivity index (χ2v) is 5.63. The number of nitrogens with zero attached hydrogens (tertiary/aromatic N) is 1. The van der Waals surface area contributed by atoms with Crippen molar-refractivity contribution in [2.24, 2.45) is 5.92 Å². The van der Waals surface area contributed by atoms with E-state index in [-0.39, 0.29) is 12.0 Å². The zero-order valence-electron chi connectivity index (χ0n) is 10.8. The number of aliphatic hydroxyl groups excluding tert-OH is 1. The Labute approximate surface area is 102 Å². The van der Waals surface area contributed by atoms with Gasteiger partial charge in [-0.3, -0.25) is 0 Å². The minimum absolute atomic E-state index is 0.277. The molecule has 0 aliphatic carbocycles. The molecule has 2 N–H and O–H groups in total. The Morgan fingerprint density at radius 3 is 2.29 bits per heavy atom. The number of amides is 1. The summed E-state index contributed by atoms with van der Waals surface area (Å²) in [7, 11) is 0. The molecule has 0 radical (unpaired) electrons. The summed E-state index contributed by atoms with van der Waals surface area (Å²) < 4.78 is 5.28. The number of hydrogen-bond acceptors (Lipinski definition) is 4. The van der Waals surface area contributed by atoms with Crippen LogP contribution < -0.4 is 0 Å². The van der Waals surface area contributed by atoms with Gasteiger partial charge in [0.2, 0.25) is 0 Å². The van der Waals surface area contributed by atoms with Gasteiger partial charge < -0.3 is 19.8 Å². The summed E-state index contributed by atoms with van der Waals surface area (Å²) in [5, 5.41) is 17.8. The molecule has 5 nitrogen and oxygen atoms in total. The van der Waals surface area contributed by atoms with Crippen LogP contribution in [-0.2, 0) is 4.74 Å². The lowest BCUT2D eigenvalue weighted by atomic mass is 9.93. The summed E-state index contributed by atoms with van der Waals surface area (Å²) >= 11 is 0. The molecule has 0 aromatic carbocycles. The molecule has 0 unspecified atom stereocenters. The third kappa shape index (κ3) is 5.37. The second-order valence-electron chi connectivity index (χ2n) is 5.63. The lowest BCUT2D eigenvalue weighted by Gasteiger charge is -2.33. The molecule has 1 heterocycles. The minimum atomic E-state index is -1.24. The molecular formula is C12H23NO4. The fourth-order valence-corrected chi connectivity index (χ4v) is 1.98. The van der Waals surface area contributed by atoms with Crippen molar-refractivity contribution in [2.75, 3.05) is 13.1 Å². The van der Waals surface area contributed by atoms with Crippen LogP contribution in [0.1, 0.15) is 40.0 Å². The summed E-state index contributed by atoms with van der Waals surface area (Å²) in [6, 6.07) is 0. The Kier molecular flexibility index (Phi) is 4.77. The van der Waals surface area contributed by atoms with Crippen molar-refractivity contribution < 1.29 is 19.7 Å². The number of carbonyl (C=O) groups excluding carboxylic acids is 1. The molecule has 0 aromatic heterocycles. The van der Waals surface area contributed by atoms with Gasteiger partial charge in [0.15, 0.2) is 6.29 Å². The number of hydrogen-bond donors (Lipinski definition) is 2. The molecule has 0 bridgehead atoms. The second kappa shape index (κ2) is 5.69. The fourth-order valence-electron chi connectivity index (χ4n) is 1.98. The van der Waals surface area contributed by atoms with Gasteiger partial charge in [0.05, 0.1) is 0 Å². The first-order valence-electron chi connectivity index (χ1n) is 6.12. The first-order chi connectivity index (χ1) is 7.78. The van der Waals surface area contributed by atoms with E-state index in [4.69, 9.17) is 14.9 Å². The molecule has 1 fully saturated rings. The third-order valence-electron chi connectivity index (χ3n) is 2.81. The van der Waals surface area contributed by atoms with Crippen LogP contribution in [0.3, 0.4) is 0 Å². The molecule has 1 amide bonds. The van der Waals surface area contributed by atoms with Gasteiger partial charge in [-0.1, -0.05) is 0 Å². The number of rotatable bonds is 2. The number of aliphatic hydroxyl groups is 2. The summed E-state index contributed by atoms with van der Waals surface area (Å²) in [6.45, 7) is 6.80. The third-order valence-corrected chi connectivity index (χ3v) is 2.81. The van der Waals surface area contributed by atoms with E-state index < -0.39 is 11.9 Å². The minimum Gasteiger partial charge on any atom is -0.444 e. The quantitative estimate of drug-likeness (QED) is 0.720. The molecule has 0 spiro atoms. The van der Waals surface area contributed by atoms with E-state index in [0.717, 1.165) is 12.8 Å². The molecule has 100 valence electrons. The highest BCUT2D eigenvalue weighted by molar-refractivity contribution is 5.68. The van der Waals surface area contributed by atoms with Crippen LogP contribution in [0.5, 0.6) is 0 Å². The van der Waals surface area contributed by atoms with Crippen molar-refractivity contribution >= 4 is 6.09 Å². The van der Waals surface area contributed by atoms with E-state index in [1.165, 1.54) is 0 Å². The molecule has 1 saturated heterocycles. The molecule has 1 aliphatic rings. The highest BCUT2D eigenvalue weighted by Gasteiger charge is 2.27. The maximum absolute atomic E-state index is 11.7. The molecule has 0 aromatic rings. The van der Waals surface area contributed by atoms with Crippen LogP contribution in [0.25, 0.3) is 0 Å². The van der Waals surface area contributed by atoms with Crippen molar-refractivity contribution in [1.29, 1.82) is 0 Å². The standard InChI is InChI=1S/C12H23NO4/c1-12(2,3)17-11(16)13-6-4-9(5-7-13)8-10(14)15/h9-10,14-15H,4-8H2,1-3H3. The van der Waals surface area contributed by atoms with Crippen molar-refractivity contribution in [1.82, 2.24) is 4.90 Å². The summed E-state index contributed by atoms with van der Waals surface area (Å²) in [6.07, 6.45) is 0.476. The van der Waals surface area contributed by atoms with Crippen LogP contribution in [0.4, 0.5) is 4.79 Å². The lowest BCUT2D eigenvalue weighted by Crippen LogP contribution is -2.42. The number of carbonyl (C=O) groups is 1. The van der Waals surface area contributed by atoms with Crippen molar-refractivity contribution in [3.8, 4) is 0 Å². The van der Waals surface area contributed by atoms with E-state index in [1.54, 1.807) is 4.90 Å². The van der Waals surface area contributed by atoms with Gasteiger partial charge in [-0.05, 0) is 39.5 Å². The average molecular weight is 245 g/mol. The van der Waals surface area contributed by atoms with Gasteiger partial charge in [0, 0.05) is 19.5 Å². The van der Waals surface area contributed by atoms with E-state index in [0.29, 0.717) is 19.5 Å². The maximum Gasteiger partial charge on any atom is 0.410 e. The van der Waals surface area contributed by atoms with Crippen LogP contribution in [-0.4, -0.2) is 46.2 Å². The molecule has 0 atom stereocenters. The van der Waals surface area contributed by atoms with E-state index >= 15 is 0 Å². The SMILES string of the molecule is CC(C)(C)OC(=O)N1CCC(CC(O)O)CC1. The molecule has 1 rings (SSSR count). The fraction of sp³-hybridized carbons (Fsp3) is 0.917. The topological polar surface area (TPSA) is 70.0 Å². The van der Waals surface area contributed by atoms with Crippen molar-refractivity contribution in [3.63, 3.8) is 0 Å². The Hall–Kier alpha value is -0.810. The highest BCUT2D eigenvalue weighted by atomic mass is 16.6. The molecule has 5 heteroatoms. The summed E-state index contributed by atoms with van der Waals surface area (Å²) in [4.78, 5) is 13.4. The maximum atomic E-state index is 11.7. The van der Waals surface area contributed by atoms with Crippen LogP contribution >= 0.6 is 0 Å². The van der Waals surface area contributed by atoms with Gasteiger partial charge >= 0.3 is 6.09 Å². The van der Waals surface area contributed by atoms with Crippen LogP contribution in [0, 0.1) is 5.92 Å². The van der Waals surface area contributed by atoms with Crippen LogP contribution in [0.2, 0.25) is 0 Å². The lowest BCUT2D eigenvalue weighted by molar-refractivity contribution is -0.0611. The van der Waals surface area contributed by atoms with Crippen molar-refractivity contribution in [3.05, 3.63) is 0 Å². The van der Waals surface area contributed by atoms with E-state index in [9.17, 15) is 4.79 Å². The van der Waals surface area contributed by atoms with Gasteiger partial charge in [0.25, 0.3) is 0 Å². The van der Waals surface area contributed by atoms with Crippen LogP contribution in [0.15, 0.2) is 0 Å². The smallest absolute Gasteiger partial charge is 0.410 e. The molecule has 17 heavy (non-hydrogen) atoms. The molecule has 0 saturated carbocycles. The predicted molar refractivity (Wildman–Crippen MR) is 63.4 cm³/mol. The Balaban J connectivity index is 2.34. The Morgan fingerprint density at radius 1 is 1.35 bits per heavy atom. The first-order valence-corrected chi connectivity index (χ1v) is 6.12. The normalized spacial score (nSPS) is 18.6. The zero-order chi connectivity index (χ0) is 13.1. The van der Waals surface area contributed by atoms with Gasteiger partial charge in [0.1, 0.15) is 5.60 Å². The number of likely N-dealkylation sites (tertiary alicyclic amines) is 1. The monoisotopic (exact) mass is 245 g/mol. The van der Waals surface area contributed by atoms with E-state index in [1.807, 2.05) is 20.8 Å². The Morgan fingerprint density at radius 2 is 1.88 bits per heavy atom. The molecule has 1 aliphatic heterocycles. The van der Waals surface area contributed by atoms with Gasteiger partial charge in [-0.2, -0.15) is 0 Å². The van der Waals surface area contributed by atoms with E-state index in [2.05, 4.69) is 0 Å². The van der Waals surface area contributed by atoms with Gasteiger partial charge in [-0.15, -0.1) is 0 Å². The summed E-state index contributed by atoms with van der Waals surface area (Å²) in [5.41, 5.74) is -0.463. The number of ether oxygens (including phenoxy) is 1. The predicted octanol–water partition coefficient (Wildman–Crippen LogP) is 1.33. The summed E-state index contributed by atoms with van der Waals surface area (Å²) in [5.74, 6) is 0.286. The van der Waals surface area contributed by atoms with Crippen molar-refractivity contribution in [2.45, 2.75) is 51.9 Å². The number of piperidine rings is 1. The largest absolute Gasteiger partial charge is 0.444 e.